The Morgan fingerprint density at radius 2 is 1.78 bits per heavy atom. The quantitative estimate of drug-likeness (QED) is 0.762. The highest BCUT2D eigenvalue weighted by Gasteiger charge is 2.12. The molecule has 0 saturated carbocycles. The molecule has 0 bridgehead atoms. The third-order valence-electron chi connectivity index (χ3n) is 3.01. The van der Waals surface area contributed by atoms with E-state index in [1.807, 2.05) is 54.9 Å². The lowest BCUT2D eigenvalue weighted by molar-refractivity contribution is 0.605. The normalized spacial score (nSPS) is 12.5. The maximum atomic E-state index is 4.55. The number of benzene rings is 1. The highest BCUT2D eigenvalue weighted by molar-refractivity contribution is 5.53. The van der Waals surface area contributed by atoms with Gasteiger partial charge in [-0.3, -0.25) is 5.10 Å². The maximum Gasteiger partial charge on any atom is 0.181 e. The molecule has 18 heavy (non-hydrogen) atoms. The van der Waals surface area contributed by atoms with Crippen molar-refractivity contribution in [3.05, 3.63) is 60.7 Å². The molecule has 0 radical (unpaired) electrons. The van der Waals surface area contributed by atoms with Crippen LogP contribution < -0.4 is 0 Å². The van der Waals surface area contributed by atoms with Crippen LogP contribution in [0.4, 0.5) is 0 Å². The van der Waals surface area contributed by atoms with E-state index in [-0.39, 0.29) is 6.04 Å². The van der Waals surface area contributed by atoms with Crippen LogP contribution in [0.3, 0.4) is 0 Å². The molecular weight excluding hydrogens is 224 g/mol. The van der Waals surface area contributed by atoms with Gasteiger partial charge in [-0.05, 0) is 19.1 Å². The number of hydrogen-bond acceptors (Lipinski definition) is 2. The van der Waals surface area contributed by atoms with Crippen molar-refractivity contribution in [3.8, 4) is 11.4 Å². The van der Waals surface area contributed by atoms with Crippen molar-refractivity contribution in [2.75, 3.05) is 0 Å². The lowest BCUT2D eigenvalue weighted by atomic mass is 10.2. The van der Waals surface area contributed by atoms with Crippen molar-refractivity contribution in [2.45, 2.75) is 13.0 Å². The number of nitrogens with one attached hydrogen (secondary N) is 1. The van der Waals surface area contributed by atoms with E-state index in [1.165, 1.54) is 0 Å². The number of rotatable bonds is 3. The largest absolute Gasteiger partial charge is 0.344 e. The minimum atomic E-state index is 0.157. The predicted molar refractivity (Wildman–Crippen MR) is 70.1 cm³/mol. The Hall–Kier alpha value is -2.36. The molecule has 1 atom stereocenters. The van der Waals surface area contributed by atoms with Gasteiger partial charge in [0.15, 0.2) is 5.82 Å². The minimum Gasteiger partial charge on any atom is -0.344 e. The molecule has 0 aliphatic rings. The molecule has 0 aliphatic heterocycles. The van der Waals surface area contributed by atoms with Gasteiger partial charge < -0.3 is 4.57 Å². The van der Waals surface area contributed by atoms with Gasteiger partial charge in [0.05, 0.1) is 6.04 Å². The van der Waals surface area contributed by atoms with E-state index in [0.29, 0.717) is 0 Å². The standard InChI is InChI=1S/C14H14N4/c1-11(18-9-5-6-10-18)13-15-14(17-16-13)12-7-3-2-4-8-12/h2-11H,1H3,(H,15,16,17)/t11-/m0/s1. The Labute approximate surface area is 105 Å². The van der Waals surface area contributed by atoms with Gasteiger partial charge in [0.2, 0.25) is 0 Å². The molecule has 90 valence electrons. The summed E-state index contributed by atoms with van der Waals surface area (Å²) in [6.45, 7) is 2.09. The molecule has 2 aromatic heterocycles. The van der Waals surface area contributed by atoms with E-state index in [0.717, 1.165) is 17.2 Å². The zero-order valence-corrected chi connectivity index (χ0v) is 10.1. The summed E-state index contributed by atoms with van der Waals surface area (Å²) in [7, 11) is 0. The van der Waals surface area contributed by atoms with Crippen LogP contribution >= 0.6 is 0 Å². The summed E-state index contributed by atoms with van der Waals surface area (Å²) < 4.78 is 2.09. The zero-order chi connectivity index (χ0) is 12.4. The summed E-state index contributed by atoms with van der Waals surface area (Å²) >= 11 is 0. The smallest absolute Gasteiger partial charge is 0.181 e. The molecule has 3 aromatic rings. The second kappa shape index (κ2) is 4.49. The molecule has 0 fully saturated rings. The highest BCUT2D eigenvalue weighted by Crippen LogP contribution is 2.18. The third-order valence-corrected chi connectivity index (χ3v) is 3.01. The molecule has 2 heterocycles. The lowest BCUT2D eigenvalue weighted by Crippen LogP contribution is -2.05. The van der Waals surface area contributed by atoms with E-state index < -0.39 is 0 Å². The van der Waals surface area contributed by atoms with Crippen molar-refractivity contribution < 1.29 is 0 Å². The molecular formula is C14H14N4. The highest BCUT2D eigenvalue weighted by atomic mass is 15.2. The molecule has 3 rings (SSSR count). The van der Waals surface area contributed by atoms with Crippen LogP contribution in [0.5, 0.6) is 0 Å². The third kappa shape index (κ3) is 1.93. The lowest BCUT2D eigenvalue weighted by Gasteiger charge is -2.09. The summed E-state index contributed by atoms with van der Waals surface area (Å²) in [6, 6.07) is 14.1. The molecule has 0 amide bonds. The van der Waals surface area contributed by atoms with Crippen molar-refractivity contribution in [1.29, 1.82) is 0 Å². The fourth-order valence-electron chi connectivity index (χ4n) is 1.92. The van der Waals surface area contributed by atoms with Crippen LogP contribution in [0, 0.1) is 0 Å². The fraction of sp³-hybridized carbons (Fsp3) is 0.143. The Morgan fingerprint density at radius 3 is 2.50 bits per heavy atom. The van der Waals surface area contributed by atoms with Gasteiger partial charge in [-0.1, -0.05) is 30.3 Å². The predicted octanol–water partition coefficient (Wildman–Crippen LogP) is 2.88. The first kappa shape index (κ1) is 10.8. The van der Waals surface area contributed by atoms with Gasteiger partial charge in [-0.25, -0.2) is 4.98 Å². The van der Waals surface area contributed by atoms with E-state index >= 15 is 0 Å². The molecule has 0 aliphatic carbocycles. The first-order chi connectivity index (χ1) is 8.84. The summed E-state index contributed by atoms with van der Waals surface area (Å²) in [4.78, 5) is 4.55. The van der Waals surface area contributed by atoms with Crippen LogP contribution in [0.25, 0.3) is 11.4 Å². The fourth-order valence-corrected chi connectivity index (χ4v) is 1.92. The maximum absolute atomic E-state index is 4.55. The van der Waals surface area contributed by atoms with Crippen molar-refractivity contribution in [2.24, 2.45) is 0 Å². The van der Waals surface area contributed by atoms with Gasteiger partial charge >= 0.3 is 0 Å². The molecule has 4 nitrogen and oxygen atoms in total. The summed E-state index contributed by atoms with van der Waals surface area (Å²) in [5, 5.41) is 7.28. The van der Waals surface area contributed by atoms with Gasteiger partial charge in [-0.2, -0.15) is 5.10 Å². The average Bonchev–Trinajstić information content (AvgIpc) is 3.10. The Bertz CT molecular complexity index is 610. The SMILES string of the molecule is C[C@@H](c1nc(-c2ccccc2)n[nH]1)n1cccc1. The second-order valence-electron chi connectivity index (χ2n) is 4.22. The van der Waals surface area contributed by atoms with Crippen molar-refractivity contribution in [3.63, 3.8) is 0 Å². The Kier molecular flexibility index (Phi) is 2.68. The zero-order valence-electron chi connectivity index (χ0n) is 10.1. The first-order valence-electron chi connectivity index (χ1n) is 5.95. The van der Waals surface area contributed by atoms with Crippen LogP contribution in [0.2, 0.25) is 0 Å². The summed E-state index contributed by atoms with van der Waals surface area (Å²) in [6.07, 6.45) is 4.05. The van der Waals surface area contributed by atoms with Crippen LogP contribution in [-0.2, 0) is 0 Å². The van der Waals surface area contributed by atoms with Crippen molar-refractivity contribution in [1.82, 2.24) is 19.7 Å². The number of aromatic amines is 1. The van der Waals surface area contributed by atoms with Crippen LogP contribution in [-0.4, -0.2) is 19.7 Å². The van der Waals surface area contributed by atoms with Gasteiger partial charge in [0.1, 0.15) is 5.82 Å². The van der Waals surface area contributed by atoms with E-state index in [1.54, 1.807) is 0 Å². The second-order valence-corrected chi connectivity index (χ2v) is 4.22. The van der Waals surface area contributed by atoms with Crippen LogP contribution in [0.1, 0.15) is 18.8 Å². The van der Waals surface area contributed by atoms with Gasteiger partial charge in [-0.15, -0.1) is 0 Å². The number of nitrogens with zero attached hydrogens (tertiary/aromatic N) is 3. The summed E-state index contributed by atoms with van der Waals surface area (Å²) in [5.41, 5.74) is 1.03. The molecule has 0 unspecified atom stereocenters. The summed E-state index contributed by atoms with van der Waals surface area (Å²) in [5.74, 6) is 1.61. The topological polar surface area (TPSA) is 46.5 Å². The number of H-pyrrole nitrogens is 1. The van der Waals surface area contributed by atoms with Crippen molar-refractivity contribution >= 4 is 0 Å². The molecule has 1 aromatic carbocycles. The average molecular weight is 238 g/mol. The van der Waals surface area contributed by atoms with Gasteiger partial charge in [0.25, 0.3) is 0 Å². The molecule has 0 spiro atoms. The van der Waals surface area contributed by atoms with E-state index in [9.17, 15) is 0 Å². The first-order valence-corrected chi connectivity index (χ1v) is 5.95. The number of aromatic nitrogens is 4. The van der Waals surface area contributed by atoms with Crippen LogP contribution in [0.15, 0.2) is 54.9 Å². The molecule has 0 saturated heterocycles. The molecule has 1 N–H and O–H groups in total. The van der Waals surface area contributed by atoms with E-state index in [2.05, 4.69) is 26.7 Å². The Morgan fingerprint density at radius 1 is 1.06 bits per heavy atom. The number of hydrogen-bond donors (Lipinski definition) is 1. The molecule has 4 heteroatoms. The van der Waals surface area contributed by atoms with Gasteiger partial charge in [0, 0.05) is 18.0 Å². The Balaban J connectivity index is 1.90. The monoisotopic (exact) mass is 238 g/mol. The minimum absolute atomic E-state index is 0.157. The van der Waals surface area contributed by atoms with E-state index in [4.69, 9.17) is 0 Å².